The molecule has 0 saturated heterocycles. The lowest BCUT2D eigenvalue weighted by Gasteiger charge is -2.13. The molecule has 6 heteroatoms. The van der Waals surface area contributed by atoms with Gasteiger partial charge in [0.15, 0.2) is 0 Å². The Morgan fingerprint density at radius 1 is 1.30 bits per heavy atom. The molecule has 2 aromatic rings. The van der Waals surface area contributed by atoms with E-state index in [-0.39, 0.29) is 18.7 Å². The van der Waals surface area contributed by atoms with Crippen molar-refractivity contribution in [1.82, 2.24) is 4.57 Å². The average molecular weight is 296 g/mol. The lowest BCUT2D eigenvalue weighted by molar-refractivity contribution is -0.143. The maximum absolute atomic E-state index is 12.0. The fraction of sp³-hybridized carbons (Fsp3) is 0.286. The van der Waals surface area contributed by atoms with Gasteiger partial charge in [-0.3, -0.25) is 14.2 Å². The molecule has 106 valence electrons. The molecule has 0 N–H and O–H groups in total. The van der Waals surface area contributed by atoms with E-state index in [9.17, 15) is 9.59 Å². The normalized spacial score (nSPS) is 10.6. The number of rotatable bonds is 4. The van der Waals surface area contributed by atoms with E-state index in [0.29, 0.717) is 21.7 Å². The van der Waals surface area contributed by atoms with Crippen LogP contribution in [-0.4, -0.2) is 24.3 Å². The van der Waals surface area contributed by atoms with Crippen molar-refractivity contribution in [1.29, 1.82) is 0 Å². The van der Waals surface area contributed by atoms with Gasteiger partial charge in [0.25, 0.3) is 5.56 Å². The van der Waals surface area contributed by atoms with Crippen LogP contribution in [0.15, 0.2) is 29.1 Å². The van der Waals surface area contributed by atoms with Gasteiger partial charge in [0.1, 0.15) is 12.3 Å². The molecule has 1 aromatic carbocycles. The largest absolute Gasteiger partial charge is 0.495 e. The third-order valence-corrected chi connectivity index (χ3v) is 3.20. The lowest BCUT2D eigenvalue weighted by atomic mass is 10.2. The third kappa shape index (κ3) is 2.63. The highest BCUT2D eigenvalue weighted by Crippen LogP contribution is 2.30. The number of nitrogens with zero attached hydrogens (tertiary/aromatic N) is 1. The van der Waals surface area contributed by atoms with E-state index in [1.54, 1.807) is 25.1 Å². The first-order valence-corrected chi connectivity index (χ1v) is 6.48. The Kier molecular flexibility index (Phi) is 4.29. The maximum atomic E-state index is 12.0. The zero-order chi connectivity index (χ0) is 14.7. The van der Waals surface area contributed by atoms with Gasteiger partial charge in [-0.25, -0.2) is 0 Å². The first-order valence-electron chi connectivity index (χ1n) is 6.10. The Balaban J connectivity index is 2.68. The summed E-state index contributed by atoms with van der Waals surface area (Å²) in [6.07, 6.45) is 0. The third-order valence-electron chi connectivity index (χ3n) is 2.87. The Morgan fingerprint density at radius 2 is 2.05 bits per heavy atom. The van der Waals surface area contributed by atoms with Gasteiger partial charge in [-0.1, -0.05) is 11.6 Å². The second kappa shape index (κ2) is 5.96. The number of fused-ring (bicyclic) bond motifs is 1. The highest BCUT2D eigenvalue weighted by Gasteiger charge is 2.14. The highest BCUT2D eigenvalue weighted by molar-refractivity contribution is 6.35. The number of hydrogen-bond donors (Lipinski definition) is 0. The minimum atomic E-state index is -0.482. The van der Waals surface area contributed by atoms with Gasteiger partial charge >= 0.3 is 5.97 Å². The molecule has 0 atom stereocenters. The number of esters is 1. The molecule has 0 unspecified atom stereocenters. The quantitative estimate of drug-likeness (QED) is 0.812. The summed E-state index contributed by atoms with van der Waals surface area (Å²) in [6, 6.07) is 6.32. The molecule has 0 aliphatic heterocycles. The molecular weight excluding hydrogens is 282 g/mol. The minimum Gasteiger partial charge on any atom is -0.495 e. The van der Waals surface area contributed by atoms with Crippen LogP contribution >= 0.6 is 11.6 Å². The Labute approximate surface area is 120 Å². The second-order valence-electron chi connectivity index (χ2n) is 4.07. The zero-order valence-corrected chi connectivity index (χ0v) is 11.9. The van der Waals surface area contributed by atoms with E-state index >= 15 is 0 Å². The number of benzene rings is 1. The van der Waals surface area contributed by atoms with E-state index < -0.39 is 5.97 Å². The summed E-state index contributed by atoms with van der Waals surface area (Å²) in [5.41, 5.74) is 0.173. The molecule has 5 nitrogen and oxygen atoms in total. The van der Waals surface area contributed by atoms with Gasteiger partial charge in [-0.05, 0) is 25.1 Å². The van der Waals surface area contributed by atoms with E-state index in [2.05, 4.69) is 0 Å². The van der Waals surface area contributed by atoms with Crippen LogP contribution in [0.2, 0.25) is 5.02 Å². The molecule has 1 heterocycles. The van der Waals surface area contributed by atoms with Crippen LogP contribution in [0.1, 0.15) is 6.92 Å². The smallest absolute Gasteiger partial charge is 0.326 e. The topological polar surface area (TPSA) is 57.5 Å². The van der Waals surface area contributed by atoms with Crippen molar-refractivity contribution < 1.29 is 14.3 Å². The molecule has 0 aliphatic carbocycles. The minimum absolute atomic E-state index is 0.180. The van der Waals surface area contributed by atoms with Crippen LogP contribution in [-0.2, 0) is 16.1 Å². The zero-order valence-electron chi connectivity index (χ0n) is 11.2. The average Bonchev–Trinajstić information content (AvgIpc) is 2.42. The number of ether oxygens (including phenoxy) is 2. The molecule has 0 spiro atoms. The van der Waals surface area contributed by atoms with Gasteiger partial charge in [0, 0.05) is 11.5 Å². The highest BCUT2D eigenvalue weighted by atomic mass is 35.5. The van der Waals surface area contributed by atoms with Crippen LogP contribution in [0.5, 0.6) is 5.75 Å². The van der Waals surface area contributed by atoms with Crippen LogP contribution in [0, 0.1) is 0 Å². The summed E-state index contributed by atoms with van der Waals surface area (Å²) in [7, 11) is 1.49. The number of carbonyl (C=O) groups is 1. The summed E-state index contributed by atoms with van der Waals surface area (Å²) in [5, 5.41) is 1.13. The SMILES string of the molecule is CCOC(=O)Cn1c(=O)ccc2c(Cl)ccc(OC)c21. The van der Waals surface area contributed by atoms with Crippen LogP contribution in [0.3, 0.4) is 0 Å². The van der Waals surface area contributed by atoms with E-state index in [1.165, 1.54) is 17.7 Å². The molecule has 0 radical (unpaired) electrons. The number of hydrogen-bond acceptors (Lipinski definition) is 4. The maximum Gasteiger partial charge on any atom is 0.326 e. The number of halogens is 1. The molecule has 1 aromatic heterocycles. The van der Waals surface area contributed by atoms with Crippen LogP contribution in [0.4, 0.5) is 0 Å². The second-order valence-corrected chi connectivity index (χ2v) is 4.48. The fourth-order valence-electron chi connectivity index (χ4n) is 2.01. The van der Waals surface area contributed by atoms with Crippen molar-refractivity contribution in [2.75, 3.05) is 13.7 Å². The number of aromatic nitrogens is 1. The molecule has 20 heavy (non-hydrogen) atoms. The fourth-order valence-corrected chi connectivity index (χ4v) is 2.23. The van der Waals surface area contributed by atoms with Crippen molar-refractivity contribution >= 4 is 28.5 Å². The Bertz CT molecular complexity index is 708. The molecule has 0 fully saturated rings. The molecular formula is C14H14ClNO4. The molecule has 0 amide bonds. The number of methoxy groups -OCH3 is 1. The van der Waals surface area contributed by atoms with Gasteiger partial charge in [0.05, 0.1) is 24.3 Å². The number of carbonyl (C=O) groups excluding carboxylic acids is 1. The van der Waals surface area contributed by atoms with Crippen molar-refractivity contribution in [3.8, 4) is 5.75 Å². The van der Waals surface area contributed by atoms with Gasteiger partial charge in [0.2, 0.25) is 0 Å². The standard InChI is InChI=1S/C14H14ClNO4/c1-3-20-13(18)8-16-12(17)7-4-9-10(15)5-6-11(19-2)14(9)16/h4-7H,3,8H2,1-2H3. The summed E-state index contributed by atoms with van der Waals surface area (Å²) in [4.78, 5) is 23.6. The number of pyridine rings is 1. The van der Waals surface area contributed by atoms with Crippen LogP contribution in [0.25, 0.3) is 10.9 Å². The van der Waals surface area contributed by atoms with Gasteiger partial charge in [-0.15, -0.1) is 0 Å². The molecule has 0 aliphatic rings. The van der Waals surface area contributed by atoms with E-state index in [0.717, 1.165) is 0 Å². The lowest BCUT2D eigenvalue weighted by Crippen LogP contribution is -2.25. The first-order chi connectivity index (χ1) is 9.58. The predicted molar refractivity (Wildman–Crippen MR) is 76.4 cm³/mol. The summed E-state index contributed by atoms with van der Waals surface area (Å²) >= 11 is 6.12. The first kappa shape index (κ1) is 14.4. The Hall–Kier alpha value is -2.01. The molecule has 0 bridgehead atoms. The summed E-state index contributed by atoms with van der Waals surface area (Å²) in [6.45, 7) is 1.79. The summed E-state index contributed by atoms with van der Waals surface area (Å²) < 4.78 is 11.4. The van der Waals surface area contributed by atoms with Crippen molar-refractivity contribution in [3.05, 3.63) is 39.6 Å². The summed E-state index contributed by atoms with van der Waals surface area (Å²) in [5.74, 6) is -0.00414. The van der Waals surface area contributed by atoms with Gasteiger partial charge in [-0.2, -0.15) is 0 Å². The monoisotopic (exact) mass is 295 g/mol. The van der Waals surface area contributed by atoms with E-state index in [1.807, 2.05) is 0 Å². The van der Waals surface area contributed by atoms with E-state index in [4.69, 9.17) is 21.1 Å². The van der Waals surface area contributed by atoms with Crippen LogP contribution < -0.4 is 10.3 Å². The predicted octanol–water partition coefficient (Wildman–Crippen LogP) is 2.23. The Morgan fingerprint density at radius 3 is 2.70 bits per heavy atom. The van der Waals surface area contributed by atoms with Crippen molar-refractivity contribution in [2.45, 2.75) is 13.5 Å². The molecule has 2 rings (SSSR count). The molecule has 0 saturated carbocycles. The van der Waals surface area contributed by atoms with Gasteiger partial charge < -0.3 is 9.47 Å². The van der Waals surface area contributed by atoms with Crippen molar-refractivity contribution in [3.63, 3.8) is 0 Å². The van der Waals surface area contributed by atoms with Crippen molar-refractivity contribution in [2.24, 2.45) is 0 Å².